The van der Waals surface area contributed by atoms with Gasteiger partial charge in [0.2, 0.25) is 0 Å². The number of aryl methyl sites for hydroxylation is 1. The van der Waals surface area contributed by atoms with Gasteiger partial charge >= 0.3 is 0 Å². The fraction of sp³-hybridized carbons (Fsp3) is 0.200. The number of ether oxygens (including phenoxy) is 1. The summed E-state index contributed by atoms with van der Waals surface area (Å²) < 4.78 is 19.4. The van der Waals surface area contributed by atoms with E-state index in [-0.39, 0.29) is 11.9 Å². The highest BCUT2D eigenvalue weighted by Crippen LogP contribution is 2.30. The van der Waals surface area contributed by atoms with Crippen molar-refractivity contribution in [2.24, 2.45) is 5.73 Å². The molecule has 100 valence electrons. The number of rotatable bonds is 3. The molecule has 0 fully saturated rings. The van der Waals surface area contributed by atoms with Crippen molar-refractivity contribution in [3.05, 3.63) is 63.4 Å². The molecule has 19 heavy (non-hydrogen) atoms. The molecule has 2 rings (SSSR count). The zero-order valence-corrected chi connectivity index (χ0v) is 12.4. The Morgan fingerprint density at radius 1 is 1.16 bits per heavy atom. The van der Waals surface area contributed by atoms with Crippen LogP contribution in [0, 0.1) is 12.7 Å². The van der Waals surface area contributed by atoms with Crippen LogP contribution >= 0.6 is 15.9 Å². The molecule has 1 unspecified atom stereocenters. The summed E-state index contributed by atoms with van der Waals surface area (Å²) in [5.41, 5.74) is 8.70. The number of benzene rings is 2. The van der Waals surface area contributed by atoms with Crippen LogP contribution in [0.25, 0.3) is 0 Å². The highest BCUT2D eigenvalue weighted by atomic mass is 79.9. The summed E-state index contributed by atoms with van der Waals surface area (Å²) in [5, 5.41) is 0. The lowest BCUT2D eigenvalue weighted by Crippen LogP contribution is -2.12. The number of methoxy groups -OCH3 is 1. The van der Waals surface area contributed by atoms with Crippen molar-refractivity contribution < 1.29 is 9.13 Å². The molecule has 0 aliphatic carbocycles. The molecule has 0 saturated heterocycles. The third kappa shape index (κ3) is 3.14. The first kappa shape index (κ1) is 14.0. The Balaban J connectivity index is 2.38. The molecule has 0 bridgehead atoms. The third-order valence-electron chi connectivity index (χ3n) is 2.96. The van der Waals surface area contributed by atoms with Gasteiger partial charge in [-0.3, -0.25) is 0 Å². The van der Waals surface area contributed by atoms with Gasteiger partial charge in [0.05, 0.1) is 17.6 Å². The van der Waals surface area contributed by atoms with Crippen molar-refractivity contribution in [1.29, 1.82) is 0 Å². The minimum atomic E-state index is -0.364. The zero-order valence-electron chi connectivity index (χ0n) is 10.8. The van der Waals surface area contributed by atoms with Gasteiger partial charge in [0.15, 0.2) is 0 Å². The van der Waals surface area contributed by atoms with Crippen LogP contribution < -0.4 is 10.5 Å². The predicted octanol–water partition coefficient (Wildman–Crippen LogP) is 3.95. The van der Waals surface area contributed by atoms with Gasteiger partial charge < -0.3 is 10.5 Å². The van der Waals surface area contributed by atoms with Crippen LogP contribution in [0.3, 0.4) is 0 Å². The molecular formula is C15H15BrFNO. The zero-order chi connectivity index (χ0) is 14.0. The second kappa shape index (κ2) is 5.72. The van der Waals surface area contributed by atoms with Crippen LogP contribution in [0.4, 0.5) is 4.39 Å². The molecule has 0 amide bonds. The van der Waals surface area contributed by atoms with Crippen molar-refractivity contribution in [3.63, 3.8) is 0 Å². The molecule has 0 radical (unpaired) electrons. The first-order chi connectivity index (χ1) is 9.01. The quantitative estimate of drug-likeness (QED) is 0.928. The summed E-state index contributed by atoms with van der Waals surface area (Å²) >= 11 is 3.42. The molecule has 0 aliphatic heterocycles. The van der Waals surface area contributed by atoms with E-state index < -0.39 is 0 Å². The van der Waals surface area contributed by atoms with Crippen LogP contribution in [0.1, 0.15) is 22.7 Å². The van der Waals surface area contributed by atoms with E-state index in [1.807, 2.05) is 31.2 Å². The minimum absolute atomic E-state index is 0.266. The molecule has 2 aromatic rings. The van der Waals surface area contributed by atoms with Gasteiger partial charge in [-0.1, -0.05) is 12.1 Å². The molecule has 0 spiro atoms. The van der Waals surface area contributed by atoms with E-state index in [9.17, 15) is 4.39 Å². The summed E-state index contributed by atoms with van der Waals surface area (Å²) in [6, 6.07) is 10.1. The molecular weight excluding hydrogens is 309 g/mol. The highest BCUT2D eigenvalue weighted by Gasteiger charge is 2.12. The average Bonchev–Trinajstić information content (AvgIpc) is 2.36. The minimum Gasteiger partial charge on any atom is -0.496 e. The van der Waals surface area contributed by atoms with E-state index in [1.165, 1.54) is 12.1 Å². The number of halogens is 2. The maximum absolute atomic E-state index is 13.4. The van der Waals surface area contributed by atoms with Gasteiger partial charge in [0, 0.05) is 0 Å². The summed E-state index contributed by atoms with van der Waals surface area (Å²) in [7, 11) is 1.61. The Hall–Kier alpha value is -1.39. The van der Waals surface area contributed by atoms with Crippen LogP contribution in [0.15, 0.2) is 40.9 Å². The Morgan fingerprint density at radius 2 is 1.89 bits per heavy atom. The SMILES string of the molecule is COc1ccc(C(N)c2cc(C)cc(F)c2)cc1Br. The van der Waals surface area contributed by atoms with Gasteiger partial charge in [-0.15, -0.1) is 0 Å². The number of nitrogens with two attached hydrogens (primary N) is 1. The Morgan fingerprint density at radius 3 is 2.47 bits per heavy atom. The molecule has 0 aliphatic rings. The van der Waals surface area contributed by atoms with Crippen LogP contribution in [-0.2, 0) is 0 Å². The second-order valence-corrected chi connectivity index (χ2v) is 5.29. The van der Waals surface area contributed by atoms with E-state index >= 15 is 0 Å². The maximum atomic E-state index is 13.4. The van der Waals surface area contributed by atoms with Crippen molar-refractivity contribution in [3.8, 4) is 5.75 Å². The van der Waals surface area contributed by atoms with Crippen LogP contribution in [0.5, 0.6) is 5.75 Å². The van der Waals surface area contributed by atoms with Crippen molar-refractivity contribution >= 4 is 15.9 Å². The fourth-order valence-electron chi connectivity index (χ4n) is 2.01. The summed E-state index contributed by atoms with van der Waals surface area (Å²) in [5.74, 6) is 0.476. The molecule has 0 heterocycles. The normalized spacial score (nSPS) is 12.3. The molecule has 2 N–H and O–H groups in total. The lowest BCUT2D eigenvalue weighted by atomic mass is 9.98. The topological polar surface area (TPSA) is 35.2 Å². The van der Waals surface area contributed by atoms with Crippen LogP contribution in [0.2, 0.25) is 0 Å². The Bertz CT molecular complexity index is 580. The molecule has 4 heteroatoms. The Labute approximate surface area is 120 Å². The molecule has 2 nitrogen and oxygen atoms in total. The smallest absolute Gasteiger partial charge is 0.133 e. The standard InChI is InChI=1S/C15H15BrFNO/c1-9-5-11(7-12(17)6-9)15(18)10-3-4-14(19-2)13(16)8-10/h3-8,15H,18H2,1-2H3. The van der Waals surface area contributed by atoms with E-state index in [4.69, 9.17) is 10.5 Å². The van der Waals surface area contributed by atoms with Crippen molar-refractivity contribution in [1.82, 2.24) is 0 Å². The number of hydrogen-bond donors (Lipinski definition) is 1. The average molecular weight is 324 g/mol. The lowest BCUT2D eigenvalue weighted by Gasteiger charge is -2.15. The van der Waals surface area contributed by atoms with Crippen molar-refractivity contribution in [2.45, 2.75) is 13.0 Å². The molecule has 0 aromatic heterocycles. The fourth-order valence-corrected chi connectivity index (χ4v) is 2.57. The number of hydrogen-bond acceptors (Lipinski definition) is 2. The summed E-state index contributed by atoms with van der Waals surface area (Å²) in [6.07, 6.45) is 0. The molecule has 2 aromatic carbocycles. The van der Waals surface area contributed by atoms with E-state index in [0.29, 0.717) is 0 Å². The maximum Gasteiger partial charge on any atom is 0.133 e. The first-order valence-corrected chi connectivity index (χ1v) is 6.66. The highest BCUT2D eigenvalue weighted by molar-refractivity contribution is 9.10. The van der Waals surface area contributed by atoms with E-state index in [2.05, 4.69) is 15.9 Å². The van der Waals surface area contributed by atoms with Crippen molar-refractivity contribution in [2.75, 3.05) is 7.11 Å². The predicted molar refractivity (Wildman–Crippen MR) is 77.9 cm³/mol. The van der Waals surface area contributed by atoms with Gasteiger partial charge in [0.25, 0.3) is 0 Å². The van der Waals surface area contributed by atoms with Crippen LogP contribution in [-0.4, -0.2) is 7.11 Å². The van der Waals surface area contributed by atoms with Gasteiger partial charge in [-0.25, -0.2) is 4.39 Å². The Kier molecular flexibility index (Phi) is 4.22. The van der Waals surface area contributed by atoms with Gasteiger partial charge in [0.1, 0.15) is 11.6 Å². The lowest BCUT2D eigenvalue weighted by molar-refractivity contribution is 0.412. The van der Waals surface area contributed by atoms with E-state index in [0.717, 1.165) is 26.9 Å². The van der Waals surface area contributed by atoms with E-state index in [1.54, 1.807) is 7.11 Å². The third-order valence-corrected chi connectivity index (χ3v) is 3.58. The first-order valence-electron chi connectivity index (χ1n) is 5.87. The monoisotopic (exact) mass is 323 g/mol. The molecule has 1 atom stereocenters. The van der Waals surface area contributed by atoms with Gasteiger partial charge in [-0.05, 0) is 63.8 Å². The summed E-state index contributed by atoms with van der Waals surface area (Å²) in [4.78, 5) is 0. The molecule has 0 saturated carbocycles. The second-order valence-electron chi connectivity index (χ2n) is 4.43. The van der Waals surface area contributed by atoms with Gasteiger partial charge in [-0.2, -0.15) is 0 Å². The largest absolute Gasteiger partial charge is 0.496 e. The summed E-state index contributed by atoms with van der Waals surface area (Å²) in [6.45, 7) is 1.85.